The van der Waals surface area contributed by atoms with Gasteiger partial charge in [-0.15, -0.1) is 0 Å². The number of nitrogens with zero attached hydrogens (tertiary/aromatic N) is 2. The maximum atomic E-state index is 5.48. The minimum absolute atomic E-state index is 0.110. The van der Waals surface area contributed by atoms with Gasteiger partial charge in [-0.05, 0) is 62.1 Å². The molecule has 0 aromatic heterocycles. The van der Waals surface area contributed by atoms with Gasteiger partial charge in [-0.3, -0.25) is 9.98 Å². The highest BCUT2D eigenvalue weighted by atomic mass is 16.5. The first-order chi connectivity index (χ1) is 15.7. The molecular formula is C29H42N2O2. The fourth-order valence-electron chi connectivity index (χ4n) is 4.05. The first kappa shape index (κ1) is 26.9. The fraction of sp³-hybridized carbons (Fsp3) is 0.517. The SMILES string of the molecule is CCC(CC(C)=Nc1ccc(C(C)(C)c2ccc(N=C(C)CC(CC)OC)cc2)cc1)OC. The third-order valence-electron chi connectivity index (χ3n) is 6.44. The van der Waals surface area contributed by atoms with Crippen LogP contribution in [0.1, 0.15) is 78.4 Å². The van der Waals surface area contributed by atoms with Crippen LogP contribution in [0.3, 0.4) is 0 Å². The van der Waals surface area contributed by atoms with E-state index in [9.17, 15) is 0 Å². The molecule has 180 valence electrons. The molecule has 0 aliphatic heterocycles. The summed E-state index contributed by atoms with van der Waals surface area (Å²) in [5.74, 6) is 0. The normalized spacial score (nSPS) is 14.9. The number of hydrogen-bond acceptors (Lipinski definition) is 4. The predicted octanol–water partition coefficient (Wildman–Crippen LogP) is 7.83. The van der Waals surface area contributed by atoms with Crippen molar-refractivity contribution in [1.82, 2.24) is 0 Å². The summed E-state index contributed by atoms with van der Waals surface area (Å²) in [5.41, 5.74) is 6.58. The van der Waals surface area contributed by atoms with Crippen LogP contribution in [0, 0.1) is 0 Å². The molecule has 0 aliphatic rings. The van der Waals surface area contributed by atoms with Crippen molar-refractivity contribution >= 4 is 22.8 Å². The van der Waals surface area contributed by atoms with E-state index in [4.69, 9.17) is 19.5 Å². The Hall–Kier alpha value is -2.30. The second kappa shape index (κ2) is 12.8. The van der Waals surface area contributed by atoms with Crippen LogP contribution < -0.4 is 0 Å². The average molecular weight is 451 g/mol. The highest BCUT2D eigenvalue weighted by Gasteiger charge is 2.23. The van der Waals surface area contributed by atoms with Gasteiger partial charge < -0.3 is 9.47 Å². The number of ether oxygens (including phenoxy) is 2. The molecule has 2 rings (SSSR count). The Morgan fingerprint density at radius 3 is 1.30 bits per heavy atom. The summed E-state index contributed by atoms with van der Waals surface area (Å²) in [7, 11) is 3.53. The summed E-state index contributed by atoms with van der Waals surface area (Å²) in [5, 5.41) is 0. The Kier molecular flexibility index (Phi) is 10.5. The van der Waals surface area contributed by atoms with E-state index < -0.39 is 0 Å². The zero-order valence-electron chi connectivity index (χ0n) is 21.8. The number of hydrogen-bond donors (Lipinski definition) is 0. The predicted molar refractivity (Wildman–Crippen MR) is 142 cm³/mol. The summed E-state index contributed by atoms with van der Waals surface area (Å²) in [4.78, 5) is 9.55. The number of rotatable bonds is 12. The molecule has 2 aromatic carbocycles. The molecule has 33 heavy (non-hydrogen) atoms. The fourth-order valence-corrected chi connectivity index (χ4v) is 4.05. The van der Waals surface area contributed by atoms with Crippen LogP contribution in [-0.2, 0) is 14.9 Å². The lowest BCUT2D eigenvalue weighted by molar-refractivity contribution is 0.105. The average Bonchev–Trinajstić information content (AvgIpc) is 2.81. The van der Waals surface area contributed by atoms with Gasteiger partial charge in [0.1, 0.15) is 0 Å². The van der Waals surface area contributed by atoms with Gasteiger partial charge in [-0.2, -0.15) is 0 Å². The van der Waals surface area contributed by atoms with E-state index in [0.717, 1.165) is 48.5 Å². The second-order valence-electron chi connectivity index (χ2n) is 9.35. The maximum Gasteiger partial charge on any atom is 0.0629 e. The van der Waals surface area contributed by atoms with E-state index >= 15 is 0 Å². The summed E-state index contributed by atoms with van der Waals surface area (Å²) in [6.07, 6.45) is 4.17. The Morgan fingerprint density at radius 2 is 1.03 bits per heavy atom. The summed E-state index contributed by atoms with van der Waals surface area (Å²) >= 11 is 0. The molecule has 0 aliphatic carbocycles. The zero-order valence-corrected chi connectivity index (χ0v) is 21.8. The minimum Gasteiger partial charge on any atom is -0.381 e. The van der Waals surface area contributed by atoms with E-state index in [0.29, 0.717) is 0 Å². The molecule has 2 unspecified atom stereocenters. The summed E-state index contributed by atoms with van der Waals surface area (Å²) < 4.78 is 11.0. The molecule has 0 heterocycles. The molecule has 0 fully saturated rings. The first-order valence-electron chi connectivity index (χ1n) is 12.1. The third-order valence-corrected chi connectivity index (χ3v) is 6.44. The first-order valence-corrected chi connectivity index (χ1v) is 12.1. The molecule has 0 spiro atoms. The van der Waals surface area contributed by atoms with Gasteiger partial charge in [-0.1, -0.05) is 52.0 Å². The smallest absolute Gasteiger partial charge is 0.0629 e. The van der Waals surface area contributed by atoms with Crippen molar-refractivity contribution in [3.05, 3.63) is 59.7 Å². The third kappa shape index (κ3) is 7.90. The molecule has 0 N–H and O–H groups in total. The van der Waals surface area contributed by atoms with Crippen molar-refractivity contribution < 1.29 is 9.47 Å². The van der Waals surface area contributed by atoms with Gasteiger partial charge in [0, 0.05) is 43.9 Å². The molecule has 0 amide bonds. The second-order valence-corrected chi connectivity index (χ2v) is 9.35. The Morgan fingerprint density at radius 1 is 0.697 bits per heavy atom. The van der Waals surface area contributed by atoms with E-state index in [-0.39, 0.29) is 17.6 Å². The van der Waals surface area contributed by atoms with E-state index in [1.165, 1.54) is 11.1 Å². The molecule has 0 saturated heterocycles. The van der Waals surface area contributed by atoms with Crippen molar-refractivity contribution in [3.8, 4) is 0 Å². The Bertz CT molecular complexity index is 828. The van der Waals surface area contributed by atoms with E-state index in [1.807, 2.05) is 0 Å². The van der Waals surface area contributed by atoms with Crippen LogP contribution in [0.4, 0.5) is 11.4 Å². The van der Waals surface area contributed by atoms with Gasteiger partial charge >= 0.3 is 0 Å². The number of aliphatic imine (C=N–C) groups is 2. The lowest BCUT2D eigenvalue weighted by Crippen LogP contribution is -2.18. The lowest BCUT2D eigenvalue weighted by Gasteiger charge is -2.26. The van der Waals surface area contributed by atoms with Crippen LogP contribution in [0.25, 0.3) is 0 Å². The Balaban J connectivity index is 2.13. The number of methoxy groups -OCH3 is 2. The van der Waals surface area contributed by atoms with Crippen molar-refractivity contribution in [3.63, 3.8) is 0 Å². The molecule has 4 heteroatoms. The van der Waals surface area contributed by atoms with Crippen LogP contribution >= 0.6 is 0 Å². The standard InChI is InChI=1S/C29H42N2O2/c1-9-27(32-7)19-21(3)30-25-15-11-23(12-16-25)29(5,6)24-13-17-26(18-14-24)31-22(4)20-28(10-2)33-8/h11-18,27-28H,9-10,19-20H2,1-8H3. The van der Waals surface area contributed by atoms with Gasteiger partial charge in [-0.25, -0.2) is 0 Å². The quantitative estimate of drug-likeness (QED) is 0.309. The highest BCUT2D eigenvalue weighted by molar-refractivity contribution is 5.85. The monoisotopic (exact) mass is 450 g/mol. The van der Waals surface area contributed by atoms with Gasteiger partial charge in [0.05, 0.1) is 23.6 Å². The molecule has 0 radical (unpaired) electrons. The molecule has 2 atom stereocenters. The number of benzene rings is 2. The van der Waals surface area contributed by atoms with E-state index in [1.54, 1.807) is 14.2 Å². The zero-order chi connectivity index (χ0) is 24.4. The van der Waals surface area contributed by atoms with Crippen molar-refractivity contribution in [2.75, 3.05) is 14.2 Å². The van der Waals surface area contributed by atoms with Crippen molar-refractivity contribution in [1.29, 1.82) is 0 Å². The van der Waals surface area contributed by atoms with Crippen molar-refractivity contribution in [2.45, 2.75) is 84.8 Å². The lowest BCUT2D eigenvalue weighted by atomic mass is 9.78. The molecular weight excluding hydrogens is 408 g/mol. The molecule has 2 aromatic rings. The van der Waals surface area contributed by atoms with Gasteiger partial charge in [0.2, 0.25) is 0 Å². The Labute approximate surface area is 201 Å². The molecule has 0 saturated carbocycles. The molecule has 4 nitrogen and oxygen atoms in total. The van der Waals surface area contributed by atoms with Gasteiger partial charge in [0.25, 0.3) is 0 Å². The summed E-state index contributed by atoms with van der Waals surface area (Å²) in [6.45, 7) is 12.9. The largest absolute Gasteiger partial charge is 0.381 e. The van der Waals surface area contributed by atoms with Crippen LogP contribution in [0.15, 0.2) is 58.5 Å². The van der Waals surface area contributed by atoms with E-state index in [2.05, 4.69) is 90.1 Å². The van der Waals surface area contributed by atoms with Gasteiger partial charge in [0.15, 0.2) is 0 Å². The molecule has 0 bridgehead atoms. The topological polar surface area (TPSA) is 43.2 Å². The van der Waals surface area contributed by atoms with Crippen LogP contribution in [0.2, 0.25) is 0 Å². The summed E-state index contributed by atoms with van der Waals surface area (Å²) in [6, 6.07) is 17.2. The minimum atomic E-state index is -0.110. The van der Waals surface area contributed by atoms with Crippen LogP contribution in [-0.4, -0.2) is 37.9 Å². The van der Waals surface area contributed by atoms with Crippen molar-refractivity contribution in [2.24, 2.45) is 9.98 Å². The maximum absolute atomic E-state index is 5.48. The van der Waals surface area contributed by atoms with Crippen LogP contribution in [0.5, 0.6) is 0 Å². The highest BCUT2D eigenvalue weighted by Crippen LogP contribution is 2.33.